The number of hydrazone groups is 1. The number of thioether (sulfide) groups is 1. The van der Waals surface area contributed by atoms with Gasteiger partial charge in [0.15, 0.2) is 10.8 Å². The zero-order valence-electron chi connectivity index (χ0n) is 17.7. The molecule has 0 aliphatic heterocycles. The Morgan fingerprint density at radius 1 is 0.875 bits per heavy atom. The van der Waals surface area contributed by atoms with Crippen LogP contribution in [-0.4, -0.2) is 25.6 Å². The van der Waals surface area contributed by atoms with Crippen molar-refractivity contribution in [3.8, 4) is 5.69 Å². The number of hydrogen-bond acceptors (Lipinski definition) is 6. The fraction of sp³-hybridized carbons (Fsp3) is 0.120. The summed E-state index contributed by atoms with van der Waals surface area (Å²) in [5.74, 6) is 0.688. The second-order valence-corrected chi connectivity index (χ2v) is 8.06. The van der Waals surface area contributed by atoms with E-state index < -0.39 is 0 Å². The van der Waals surface area contributed by atoms with Gasteiger partial charge >= 0.3 is 0 Å². The van der Waals surface area contributed by atoms with Crippen molar-refractivity contribution >= 4 is 28.3 Å². The molecule has 6 nitrogen and oxygen atoms in total. The Kier molecular flexibility index (Phi) is 7.09. The summed E-state index contributed by atoms with van der Waals surface area (Å²) >= 11 is 1.21. The summed E-state index contributed by atoms with van der Waals surface area (Å²) < 4.78 is 1.99. The molecule has 1 aromatic heterocycles. The van der Waals surface area contributed by atoms with Crippen LogP contribution in [0.1, 0.15) is 18.3 Å². The standard InChI is InChI=1S/C25H23N5OS/c1-19(31)24(28-26-21-13-7-3-8-14-21)32-25-29-27-23(18-17-20-11-5-2-6-12-20)30(25)22-15-9-4-10-16-22/h2-16,26H,17-18H2,1H3/b28-24+. The molecule has 0 unspecified atom stereocenters. The lowest BCUT2D eigenvalue weighted by molar-refractivity contribution is -0.110. The first kappa shape index (κ1) is 21.5. The molecule has 160 valence electrons. The van der Waals surface area contributed by atoms with Gasteiger partial charge in [0, 0.05) is 19.0 Å². The van der Waals surface area contributed by atoms with Gasteiger partial charge in [-0.15, -0.1) is 10.2 Å². The lowest BCUT2D eigenvalue weighted by Crippen LogP contribution is -2.11. The number of benzene rings is 3. The molecule has 1 N–H and O–H groups in total. The Hall–Kier alpha value is -3.71. The maximum absolute atomic E-state index is 12.3. The summed E-state index contributed by atoms with van der Waals surface area (Å²) in [6.45, 7) is 1.50. The molecule has 0 saturated heterocycles. The van der Waals surface area contributed by atoms with Crippen LogP contribution in [0.25, 0.3) is 5.69 Å². The third-order valence-corrected chi connectivity index (χ3v) is 5.76. The first-order valence-electron chi connectivity index (χ1n) is 10.3. The second kappa shape index (κ2) is 10.5. The van der Waals surface area contributed by atoms with Gasteiger partial charge in [0.25, 0.3) is 0 Å². The van der Waals surface area contributed by atoms with Crippen LogP contribution in [0.5, 0.6) is 0 Å². The molecule has 7 heteroatoms. The highest BCUT2D eigenvalue weighted by atomic mass is 32.2. The smallest absolute Gasteiger partial charge is 0.202 e. The van der Waals surface area contributed by atoms with Gasteiger partial charge in [-0.3, -0.25) is 14.8 Å². The maximum Gasteiger partial charge on any atom is 0.202 e. The molecule has 0 atom stereocenters. The number of anilines is 1. The van der Waals surface area contributed by atoms with E-state index in [9.17, 15) is 4.79 Å². The molecular weight excluding hydrogens is 418 g/mol. The number of ketones is 1. The third-order valence-electron chi connectivity index (χ3n) is 4.74. The van der Waals surface area contributed by atoms with Crippen molar-refractivity contribution in [2.75, 3.05) is 5.43 Å². The van der Waals surface area contributed by atoms with E-state index in [0.717, 1.165) is 30.0 Å². The van der Waals surface area contributed by atoms with Gasteiger partial charge in [0.05, 0.1) is 5.69 Å². The minimum Gasteiger partial charge on any atom is -0.292 e. The monoisotopic (exact) mass is 441 g/mol. The Morgan fingerprint density at radius 2 is 1.50 bits per heavy atom. The number of aromatic nitrogens is 3. The maximum atomic E-state index is 12.3. The zero-order valence-corrected chi connectivity index (χ0v) is 18.5. The molecule has 1 heterocycles. The van der Waals surface area contributed by atoms with E-state index in [-0.39, 0.29) is 5.78 Å². The molecular formula is C25H23N5OS. The predicted octanol–water partition coefficient (Wildman–Crippen LogP) is 5.16. The average molecular weight is 442 g/mol. The topological polar surface area (TPSA) is 72.2 Å². The van der Waals surface area contributed by atoms with Gasteiger partial charge in [-0.1, -0.05) is 66.7 Å². The number of nitrogens with one attached hydrogen (secondary N) is 1. The van der Waals surface area contributed by atoms with E-state index in [4.69, 9.17) is 0 Å². The SMILES string of the molecule is CC(=O)/C(=N\Nc1ccccc1)Sc1nnc(CCc2ccccc2)n1-c1ccccc1. The Bertz CT molecular complexity index is 1190. The highest BCUT2D eigenvalue weighted by Crippen LogP contribution is 2.25. The van der Waals surface area contributed by atoms with Crippen molar-refractivity contribution in [2.45, 2.75) is 24.9 Å². The number of Topliss-reactive ketones (excluding diaryl/α,β-unsaturated/α-hetero) is 1. The number of rotatable bonds is 8. The zero-order chi connectivity index (χ0) is 22.2. The number of carbonyl (C=O) groups is 1. The van der Waals surface area contributed by atoms with Crippen LogP contribution in [0.4, 0.5) is 5.69 Å². The lowest BCUT2D eigenvalue weighted by atomic mass is 10.1. The fourth-order valence-electron chi connectivity index (χ4n) is 3.15. The Morgan fingerprint density at radius 3 is 2.16 bits per heavy atom. The lowest BCUT2D eigenvalue weighted by Gasteiger charge is -2.10. The van der Waals surface area contributed by atoms with Crippen LogP contribution in [0, 0.1) is 0 Å². The van der Waals surface area contributed by atoms with Crippen molar-refractivity contribution in [3.63, 3.8) is 0 Å². The molecule has 4 aromatic rings. The highest BCUT2D eigenvalue weighted by Gasteiger charge is 2.19. The molecule has 4 rings (SSSR count). The molecule has 0 amide bonds. The summed E-state index contributed by atoms with van der Waals surface area (Å²) in [6.07, 6.45) is 1.57. The molecule has 0 spiro atoms. The Labute approximate surface area is 191 Å². The number of carbonyl (C=O) groups excluding carboxylic acids is 1. The fourth-order valence-corrected chi connectivity index (χ4v) is 3.95. The van der Waals surface area contributed by atoms with Crippen LogP contribution < -0.4 is 5.43 Å². The van der Waals surface area contributed by atoms with E-state index in [1.807, 2.05) is 83.4 Å². The van der Waals surface area contributed by atoms with Crippen molar-refractivity contribution in [3.05, 3.63) is 102 Å². The average Bonchev–Trinajstić information content (AvgIpc) is 3.24. The van der Waals surface area contributed by atoms with Gasteiger partial charge in [-0.2, -0.15) is 5.10 Å². The van der Waals surface area contributed by atoms with Crippen LogP contribution >= 0.6 is 11.8 Å². The minimum absolute atomic E-state index is 0.146. The first-order valence-corrected chi connectivity index (χ1v) is 11.1. The second-order valence-electron chi connectivity index (χ2n) is 7.11. The van der Waals surface area contributed by atoms with Gasteiger partial charge in [0.1, 0.15) is 5.82 Å². The van der Waals surface area contributed by atoms with E-state index in [2.05, 4.69) is 32.9 Å². The van der Waals surface area contributed by atoms with Crippen molar-refractivity contribution in [1.29, 1.82) is 0 Å². The summed E-state index contributed by atoms with van der Waals surface area (Å²) in [5.41, 5.74) is 5.94. The van der Waals surface area contributed by atoms with E-state index in [1.54, 1.807) is 0 Å². The highest BCUT2D eigenvalue weighted by molar-refractivity contribution is 8.15. The molecule has 0 saturated carbocycles. The quantitative estimate of drug-likeness (QED) is 0.177. The van der Waals surface area contributed by atoms with Crippen molar-refractivity contribution < 1.29 is 4.79 Å². The molecule has 32 heavy (non-hydrogen) atoms. The van der Waals surface area contributed by atoms with Gasteiger partial charge in [-0.05, 0) is 48.0 Å². The van der Waals surface area contributed by atoms with E-state index in [0.29, 0.717) is 10.2 Å². The van der Waals surface area contributed by atoms with Crippen LogP contribution in [0.3, 0.4) is 0 Å². The summed E-state index contributed by atoms with van der Waals surface area (Å²) in [5, 5.41) is 14.1. The van der Waals surface area contributed by atoms with Crippen molar-refractivity contribution in [1.82, 2.24) is 14.8 Å². The molecule has 0 aliphatic rings. The summed E-state index contributed by atoms with van der Waals surface area (Å²) in [7, 11) is 0. The largest absolute Gasteiger partial charge is 0.292 e. The molecule has 0 radical (unpaired) electrons. The van der Waals surface area contributed by atoms with Gasteiger partial charge in [-0.25, -0.2) is 0 Å². The van der Waals surface area contributed by atoms with Gasteiger partial charge < -0.3 is 0 Å². The normalized spacial score (nSPS) is 11.3. The summed E-state index contributed by atoms with van der Waals surface area (Å²) in [6, 6.07) is 29.7. The molecule has 0 aliphatic carbocycles. The first-order chi connectivity index (χ1) is 15.7. The van der Waals surface area contributed by atoms with E-state index in [1.165, 1.54) is 24.2 Å². The van der Waals surface area contributed by atoms with Gasteiger partial charge in [0.2, 0.25) is 5.16 Å². The van der Waals surface area contributed by atoms with Crippen LogP contribution in [0.2, 0.25) is 0 Å². The van der Waals surface area contributed by atoms with E-state index >= 15 is 0 Å². The minimum atomic E-state index is -0.146. The summed E-state index contributed by atoms with van der Waals surface area (Å²) in [4.78, 5) is 12.3. The molecule has 0 bridgehead atoms. The van der Waals surface area contributed by atoms with Crippen LogP contribution in [0.15, 0.2) is 101 Å². The van der Waals surface area contributed by atoms with Crippen LogP contribution in [-0.2, 0) is 17.6 Å². The third kappa shape index (κ3) is 5.50. The molecule has 3 aromatic carbocycles. The Balaban J connectivity index is 1.62. The number of para-hydroxylation sites is 2. The van der Waals surface area contributed by atoms with Crippen molar-refractivity contribution in [2.24, 2.45) is 5.10 Å². The number of nitrogens with zero attached hydrogens (tertiary/aromatic N) is 4. The number of aryl methyl sites for hydroxylation is 2. The predicted molar refractivity (Wildman–Crippen MR) is 129 cm³/mol. The molecule has 0 fully saturated rings. The number of hydrogen-bond donors (Lipinski definition) is 1.